The van der Waals surface area contributed by atoms with Crippen molar-refractivity contribution in [1.82, 2.24) is 9.80 Å². The predicted octanol–water partition coefficient (Wildman–Crippen LogP) is 1.04. The molecule has 1 aliphatic heterocycles. The number of likely N-dealkylation sites (tertiary alicyclic amines) is 1. The SMILES string of the molecule is CCOC(=O)CN(C(=O)C1CC(=O)N(C(C)C)C1)C(C)C. The molecule has 2 amide bonds. The molecule has 0 aromatic rings. The van der Waals surface area contributed by atoms with Crippen molar-refractivity contribution in [3.8, 4) is 0 Å². The summed E-state index contributed by atoms with van der Waals surface area (Å²) >= 11 is 0. The molecule has 1 saturated heterocycles. The summed E-state index contributed by atoms with van der Waals surface area (Å²) in [5, 5.41) is 0. The van der Waals surface area contributed by atoms with Crippen LogP contribution in [0, 0.1) is 5.92 Å². The summed E-state index contributed by atoms with van der Waals surface area (Å²) in [7, 11) is 0. The molecule has 0 aromatic carbocycles. The van der Waals surface area contributed by atoms with Crippen molar-refractivity contribution in [3.63, 3.8) is 0 Å². The summed E-state index contributed by atoms with van der Waals surface area (Å²) in [5.41, 5.74) is 0. The number of esters is 1. The van der Waals surface area contributed by atoms with Gasteiger partial charge in [0.1, 0.15) is 6.54 Å². The Morgan fingerprint density at radius 3 is 2.38 bits per heavy atom. The fourth-order valence-electron chi connectivity index (χ4n) is 2.49. The summed E-state index contributed by atoms with van der Waals surface area (Å²) in [5.74, 6) is -0.918. The van der Waals surface area contributed by atoms with Gasteiger partial charge in [-0.15, -0.1) is 0 Å². The third-order valence-corrected chi connectivity index (χ3v) is 3.64. The summed E-state index contributed by atoms with van der Waals surface area (Å²) in [6, 6.07) is -0.0158. The van der Waals surface area contributed by atoms with E-state index >= 15 is 0 Å². The molecule has 0 bridgehead atoms. The molecule has 0 saturated carbocycles. The molecular weight excluding hydrogens is 272 g/mol. The van der Waals surface area contributed by atoms with Gasteiger partial charge in [-0.25, -0.2) is 0 Å². The second-order valence-electron chi connectivity index (χ2n) is 5.91. The minimum atomic E-state index is -0.412. The molecule has 6 nitrogen and oxygen atoms in total. The summed E-state index contributed by atoms with van der Waals surface area (Å²) < 4.78 is 4.91. The zero-order valence-electron chi connectivity index (χ0n) is 13.6. The van der Waals surface area contributed by atoms with Crippen LogP contribution in [0.2, 0.25) is 0 Å². The van der Waals surface area contributed by atoms with Gasteiger partial charge in [0.15, 0.2) is 0 Å². The Hall–Kier alpha value is -1.59. The molecule has 1 heterocycles. The molecule has 1 rings (SSSR count). The average Bonchev–Trinajstić information content (AvgIpc) is 2.77. The maximum atomic E-state index is 12.6. The highest BCUT2D eigenvalue weighted by Gasteiger charge is 2.38. The molecule has 1 unspecified atom stereocenters. The average molecular weight is 298 g/mol. The van der Waals surface area contributed by atoms with Crippen LogP contribution in [0.5, 0.6) is 0 Å². The molecule has 120 valence electrons. The highest BCUT2D eigenvalue weighted by molar-refractivity contribution is 5.91. The molecule has 1 aliphatic rings. The minimum Gasteiger partial charge on any atom is -0.465 e. The molecule has 1 fully saturated rings. The first-order valence-electron chi connectivity index (χ1n) is 7.53. The topological polar surface area (TPSA) is 66.9 Å². The van der Waals surface area contributed by atoms with Crippen molar-refractivity contribution >= 4 is 17.8 Å². The minimum absolute atomic E-state index is 0.00295. The Morgan fingerprint density at radius 2 is 1.95 bits per heavy atom. The summed E-state index contributed by atoms with van der Waals surface area (Å²) in [6.45, 7) is 9.98. The number of carbonyl (C=O) groups is 3. The normalized spacial score (nSPS) is 18.5. The van der Waals surface area contributed by atoms with Gasteiger partial charge in [0.05, 0.1) is 12.5 Å². The number of rotatable bonds is 6. The number of hydrogen-bond donors (Lipinski definition) is 0. The second kappa shape index (κ2) is 7.43. The highest BCUT2D eigenvalue weighted by Crippen LogP contribution is 2.23. The van der Waals surface area contributed by atoms with E-state index in [-0.39, 0.29) is 42.8 Å². The fraction of sp³-hybridized carbons (Fsp3) is 0.800. The molecule has 0 N–H and O–H groups in total. The Kier molecular flexibility index (Phi) is 6.18. The van der Waals surface area contributed by atoms with Crippen molar-refractivity contribution in [2.75, 3.05) is 19.7 Å². The molecule has 0 radical (unpaired) electrons. The van der Waals surface area contributed by atoms with Gasteiger partial charge in [-0.05, 0) is 34.6 Å². The second-order valence-corrected chi connectivity index (χ2v) is 5.91. The first-order valence-corrected chi connectivity index (χ1v) is 7.53. The molecule has 0 aliphatic carbocycles. The molecule has 1 atom stereocenters. The van der Waals surface area contributed by atoms with Crippen LogP contribution in [0.15, 0.2) is 0 Å². The number of amides is 2. The van der Waals surface area contributed by atoms with E-state index in [0.717, 1.165) is 0 Å². The molecule has 0 aromatic heterocycles. The maximum absolute atomic E-state index is 12.6. The number of hydrogen-bond acceptors (Lipinski definition) is 4. The molecule has 6 heteroatoms. The van der Waals surface area contributed by atoms with Crippen LogP contribution in [0.25, 0.3) is 0 Å². The lowest BCUT2D eigenvalue weighted by Crippen LogP contribution is -2.45. The lowest BCUT2D eigenvalue weighted by Gasteiger charge is -2.28. The van der Waals surface area contributed by atoms with Gasteiger partial charge in [0.25, 0.3) is 0 Å². The largest absolute Gasteiger partial charge is 0.465 e. The molecule has 21 heavy (non-hydrogen) atoms. The van der Waals surface area contributed by atoms with E-state index in [9.17, 15) is 14.4 Å². The monoisotopic (exact) mass is 298 g/mol. The van der Waals surface area contributed by atoms with Crippen molar-refractivity contribution < 1.29 is 19.1 Å². The van der Waals surface area contributed by atoms with Crippen LogP contribution < -0.4 is 0 Å². The maximum Gasteiger partial charge on any atom is 0.325 e. The lowest BCUT2D eigenvalue weighted by atomic mass is 10.1. The smallest absolute Gasteiger partial charge is 0.325 e. The van der Waals surface area contributed by atoms with Crippen LogP contribution in [-0.2, 0) is 19.1 Å². The van der Waals surface area contributed by atoms with E-state index in [0.29, 0.717) is 13.2 Å². The van der Waals surface area contributed by atoms with Gasteiger partial charge in [-0.1, -0.05) is 0 Å². The summed E-state index contributed by atoms with van der Waals surface area (Å²) in [4.78, 5) is 39.3. The first kappa shape index (κ1) is 17.5. The third kappa shape index (κ3) is 4.44. The van der Waals surface area contributed by atoms with Gasteiger partial charge in [0.2, 0.25) is 11.8 Å². The number of nitrogens with zero attached hydrogens (tertiary/aromatic N) is 2. The third-order valence-electron chi connectivity index (χ3n) is 3.64. The van der Waals surface area contributed by atoms with Crippen LogP contribution in [0.4, 0.5) is 0 Å². The zero-order chi connectivity index (χ0) is 16.2. The standard InChI is InChI=1S/C15H26N2O4/c1-6-21-14(19)9-17(11(4)5)15(20)12-7-13(18)16(8-12)10(2)3/h10-12H,6-9H2,1-5H3. The number of carbonyl (C=O) groups excluding carboxylic acids is 3. The first-order chi connectivity index (χ1) is 9.77. The quantitative estimate of drug-likeness (QED) is 0.687. The van der Waals surface area contributed by atoms with Gasteiger partial charge in [-0.2, -0.15) is 0 Å². The highest BCUT2D eigenvalue weighted by atomic mass is 16.5. The Balaban J connectivity index is 2.74. The Morgan fingerprint density at radius 1 is 1.33 bits per heavy atom. The number of ether oxygens (including phenoxy) is 1. The van der Waals surface area contributed by atoms with E-state index in [2.05, 4.69) is 0 Å². The molecule has 0 spiro atoms. The van der Waals surface area contributed by atoms with Gasteiger partial charge in [-0.3, -0.25) is 14.4 Å². The van der Waals surface area contributed by atoms with Crippen molar-refractivity contribution in [3.05, 3.63) is 0 Å². The van der Waals surface area contributed by atoms with E-state index in [1.807, 2.05) is 27.7 Å². The van der Waals surface area contributed by atoms with Crippen molar-refractivity contribution in [2.45, 2.75) is 53.1 Å². The van der Waals surface area contributed by atoms with Gasteiger partial charge < -0.3 is 14.5 Å². The van der Waals surface area contributed by atoms with Crippen molar-refractivity contribution in [2.24, 2.45) is 5.92 Å². The molecular formula is C15H26N2O4. The lowest BCUT2D eigenvalue weighted by molar-refractivity contribution is -0.151. The van der Waals surface area contributed by atoms with Crippen LogP contribution in [-0.4, -0.2) is 59.4 Å². The van der Waals surface area contributed by atoms with Gasteiger partial charge in [0, 0.05) is 25.0 Å². The van der Waals surface area contributed by atoms with E-state index < -0.39 is 5.97 Å². The van der Waals surface area contributed by atoms with Crippen LogP contribution in [0.1, 0.15) is 41.0 Å². The summed E-state index contributed by atoms with van der Waals surface area (Å²) in [6.07, 6.45) is 0.225. The van der Waals surface area contributed by atoms with E-state index in [1.54, 1.807) is 11.8 Å². The Labute approximate surface area is 126 Å². The Bertz CT molecular complexity index is 406. The van der Waals surface area contributed by atoms with Gasteiger partial charge >= 0.3 is 5.97 Å². The van der Waals surface area contributed by atoms with Crippen molar-refractivity contribution in [1.29, 1.82) is 0 Å². The predicted molar refractivity (Wildman–Crippen MR) is 78.4 cm³/mol. The van der Waals surface area contributed by atoms with Crippen LogP contribution in [0.3, 0.4) is 0 Å². The fourth-order valence-corrected chi connectivity index (χ4v) is 2.49. The van der Waals surface area contributed by atoms with Crippen LogP contribution >= 0.6 is 0 Å². The van der Waals surface area contributed by atoms with E-state index in [1.165, 1.54) is 4.90 Å². The van der Waals surface area contributed by atoms with E-state index in [4.69, 9.17) is 4.74 Å². The zero-order valence-corrected chi connectivity index (χ0v) is 13.6.